The van der Waals surface area contributed by atoms with Crippen LogP contribution in [0.2, 0.25) is 5.02 Å². The van der Waals surface area contributed by atoms with Crippen molar-refractivity contribution in [2.75, 3.05) is 5.32 Å². The predicted molar refractivity (Wildman–Crippen MR) is 106 cm³/mol. The van der Waals surface area contributed by atoms with Gasteiger partial charge in [-0.3, -0.25) is 23.5 Å². The quantitative estimate of drug-likeness (QED) is 0.704. The highest BCUT2D eigenvalue weighted by molar-refractivity contribution is 6.30. The van der Waals surface area contributed by atoms with Gasteiger partial charge < -0.3 is 5.32 Å². The third-order valence-corrected chi connectivity index (χ3v) is 4.36. The number of anilines is 1. The highest BCUT2D eigenvalue weighted by atomic mass is 35.5. The topological polar surface area (TPSA) is 73.1 Å². The average molecular weight is 384 g/mol. The van der Waals surface area contributed by atoms with Crippen molar-refractivity contribution in [2.45, 2.75) is 20.4 Å². The molecule has 0 fully saturated rings. The fourth-order valence-corrected chi connectivity index (χ4v) is 2.86. The zero-order valence-electron chi connectivity index (χ0n) is 14.9. The number of nitrogens with zero attached hydrogens (tertiary/aromatic N) is 2. The molecular weight excluding hydrogens is 366 g/mol. The Morgan fingerprint density at radius 3 is 2.56 bits per heavy atom. The summed E-state index contributed by atoms with van der Waals surface area (Å²) in [7, 11) is 0. The largest absolute Gasteiger partial charge is 0.324 e. The van der Waals surface area contributed by atoms with Gasteiger partial charge >= 0.3 is 11.1 Å². The molecule has 0 saturated heterocycles. The number of aryl methyl sites for hydroxylation is 2. The van der Waals surface area contributed by atoms with Crippen LogP contribution in [0.1, 0.15) is 11.1 Å². The Labute approximate surface area is 160 Å². The minimum atomic E-state index is -0.784. The van der Waals surface area contributed by atoms with Crippen molar-refractivity contribution in [1.82, 2.24) is 9.13 Å². The number of hydrogen-bond donors (Lipinski definition) is 1. The molecule has 0 unspecified atom stereocenters. The summed E-state index contributed by atoms with van der Waals surface area (Å²) < 4.78 is 2.29. The van der Waals surface area contributed by atoms with Crippen LogP contribution in [0.5, 0.6) is 0 Å². The zero-order chi connectivity index (χ0) is 19.6. The number of amides is 1. The predicted octanol–water partition coefficient (Wildman–Crippen LogP) is 2.91. The molecule has 3 rings (SSSR count). The van der Waals surface area contributed by atoms with Crippen LogP contribution < -0.4 is 16.4 Å². The molecular formula is C20H18ClN3O3. The number of aromatic nitrogens is 2. The molecule has 1 amide bonds. The normalized spacial score (nSPS) is 10.6. The fourth-order valence-electron chi connectivity index (χ4n) is 2.68. The maximum Gasteiger partial charge on any atom is 0.320 e. The van der Waals surface area contributed by atoms with Crippen LogP contribution in [0.25, 0.3) is 5.69 Å². The van der Waals surface area contributed by atoms with Crippen molar-refractivity contribution in [3.63, 3.8) is 0 Å². The maximum atomic E-state index is 12.4. The summed E-state index contributed by atoms with van der Waals surface area (Å²) in [6.07, 6.45) is 2.86. The van der Waals surface area contributed by atoms with Crippen LogP contribution >= 0.6 is 11.6 Å². The Morgan fingerprint density at radius 2 is 1.81 bits per heavy atom. The van der Waals surface area contributed by atoms with Crippen LogP contribution in [-0.2, 0) is 11.3 Å². The van der Waals surface area contributed by atoms with Crippen LogP contribution in [0, 0.1) is 13.8 Å². The summed E-state index contributed by atoms with van der Waals surface area (Å²) in [4.78, 5) is 37.1. The summed E-state index contributed by atoms with van der Waals surface area (Å²) in [5.74, 6) is -0.384. The molecule has 1 N–H and O–H groups in total. The molecule has 0 spiro atoms. The first kappa shape index (κ1) is 18.7. The fraction of sp³-hybridized carbons (Fsp3) is 0.150. The monoisotopic (exact) mass is 383 g/mol. The van der Waals surface area contributed by atoms with Gasteiger partial charge in [0, 0.05) is 23.1 Å². The average Bonchev–Trinajstić information content (AvgIpc) is 2.62. The molecule has 27 heavy (non-hydrogen) atoms. The van der Waals surface area contributed by atoms with Crippen LogP contribution in [0.4, 0.5) is 5.69 Å². The van der Waals surface area contributed by atoms with E-state index in [2.05, 4.69) is 5.32 Å². The summed E-state index contributed by atoms with van der Waals surface area (Å²) in [5, 5.41) is 3.23. The lowest BCUT2D eigenvalue weighted by Gasteiger charge is -2.11. The molecule has 3 aromatic rings. The van der Waals surface area contributed by atoms with Crippen molar-refractivity contribution in [3.05, 3.63) is 91.7 Å². The second-order valence-electron chi connectivity index (χ2n) is 6.25. The van der Waals surface area contributed by atoms with Crippen molar-refractivity contribution < 1.29 is 4.79 Å². The molecule has 6 nitrogen and oxygen atoms in total. The zero-order valence-corrected chi connectivity index (χ0v) is 15.7. The van der Waals surface area contributed by atoms with Crippen LogP contribution in [-0.4, -0.2) is 15.0 Å². The first-order valence-electron chi connectivity index (χ1n) is 8.30. The lowest BCUT2D eigenvalue weighted by molar-refractivity contribution is -0.116. The number of hydrogen-bond acceptors (Lipinski definition) is 3. The maximum absolute atomic E-state index is 12.4. The van der Waals surface area contributed by atoms with Gasteiger partial charge in [0.2, 0.25) is 5.91 Å². The Morgan fingerprint density at radius 1 is 1.04 bits per heavy atom. The lowest BCUT2D eigenvalue weighted by atomic mass is 10.1. The second-order valence-corrected chi connectivity index (χ2v) is 6.69. The summed E-state index contributed by atoms with van der Waals surface area (Å²) in [5.41, 5.74) is 1.56. The molecule has 0 aliphatic rings. The van der Waals surface area contributed by atoms with Gasteiger partial charge in [-0.1, -0.05) is 29.8 Å². The Kier molecular flexibility index (Phi) is 5.28. The van der Waals surface area contributed by atoms with Crippen molar-refractivity contribution in [1.29, 1.82) is 0 Å². The van der Waals surface area contributed by atoms with E-state index in [1.807, 2.05) is 32.0 Å². The van der Waals surface area contributed by atoms with Gasteiger partial charge in [0.25, 0.3) is 0 Å². The van der Waals surface area contributed by atoms with E-state index < -0.39 is 11.1 Å². The van der Waals surface area contributed by atoms with Gasteiger partial charge in [0.1, 0.15) is 6.54 Å². The Bertz CT molecular complexity index is 1130. The molecule has 0 aliphatic heterocycles. The molecule has 0 bridgehead atoms. The molecule has 138 valence electrons. The van der Waals surface area contributed by atoms with Crippen molar-refractivity contribution >= 4 is 23.2 Å². The number of rotatable bonds is 4. The number of nitrogens with one attached hydrogen (secondary N) is 1. The highest BCUT2D eigenvalue weighted by Crippen LogP contribution is 2.16. The van der Waals surface area contributed by atoms with Gasteiger partial charge in [-0.25, -0.2) is 0 Å². The molecule has 0 atom stereocenters. The standard InChI is InChI=1S/C20H18ClN3O3/c1-13-6-7-14(2)17(10-13)22-18(25)12-23-8-9-24(20(27)19(23)26)16-5-3-4-15(21)11-16/h3-11H,12H2,1-2H3,(H,22,25). The first-order chi connectivity index (χ1) is 12.8. The molecule has 0 saturated carbocycles. The Hall–Kier alpha value is -3.12. The smallest absolute Gasteiger partial charge is 0.320 e. The van der Waals surface area contributed by atoms with E-state index in [1.165, 1.54) is 17.0 Å². The van der Waals surface area contributed by atoms with E-state index in [9.17, 15) is 14.4 Å². The van der Waals surface area contributed by atoms with E-state index in [0.717, 1.165) is 15.7 Å². The minimum absolute atomic E-state index is 0.252. The van der Waals surface area contributed by atoms with Gasteiger partial charge in [0.05, 0.1) is 5.69 Å². The van der Waals surface area contributed by atoms with E-state index in [0.29, 0.717) is 16.4 Å². The van der Waals surface area contributed by atoms with Gasteiger partial charge in [-0.15, -0.1) is 0 Å². The first-order valence-corrected chi connectivity index (χ1v) is 8.68. The van der Waals surface area contributed by atoms with Crippen molar-refractivity contribution in [2.24, 2.45) is 0 Å². The van der Waals surface area contributed by atoms with E-state index in [-0.39, 0.29) is 12.5 Å². The van der Waals surface area contributed by atoms with Crippen LogP contribution in [0.15, 0.2) is 64.4 Å². The summed E-state index contributed by atoms with van der Waals surface area (Å²) >= 11 is 5.94. The summed E-state index contributed by atoms with van der Waals surface area (Å²) in [6.45, 7) is 3.56. The second kappa shape index (κ2) is 7.63. The highest BCUT2D eigenvalue weighted by Gasteiger charge is 2.11. The van der Waals surface area contributed by atoms with Crippen molar-refractivity contribution in [3.8, 4) is 5.69 Å². The Balaban J connectivity index is 1.85. The van der Waals surface area contributed by atoms with E-state index >= 15 is 0 Å². The van der Waals surface area contributed by atoms with Gasteiger partial charge in [0.15, 0.2) is 0 Å². The van der Waals surface area contributed by atoms with Gasteiger partial charge in [-0.2, -0.15) is 0 Å². The third-order valence-electron chi connectivity index (χ3n) is 4.13. The SMILES string of the molecule is Cc1ccc(C)c(NC(=O)Cn2ccn(-c3cccc(Cl)c3)c(=O)c2=O)c1. The minimum Gasteiger partial charge on any atom is -0.324 e. The van der Waals surface area contributed by atoms with Crippen LogP contribution in [0.3, 0.4) is 0 Å². The van der Waals surface area contributed by atoms with E-state index in [4.69, 9.17) is 11.6 Å². The third kappa shape index (κ3) is 4.17. The lowest BCUT2D eigenvalue weighted by Crippen LogP contribution is -2.41. The molecule has 7 heteroatoms. The number of carbonyl (C=O) groups is 1. The molecule has 1 aromatic heterocycles. The number of benzene rings is 2. The molecule has 2 aromatic carbocycles. The van der Waals surface area contributed by atoms with Gasteiger partial charge in [-0.05, 0) is 49.2 Å². The van der Waals surface area contributed by atoms with E-state index in [1.54, 1.807) is 24.3 Å². The molecule has 0 radical (unpaired) electrons. The summed E-state index contributed by atoms with van der Waals surface area (Å²) in [6, 6.07) is 12.3. The molecule has 1 heterocycles. The molecule has 0 aliphatic carbocycles. The number of carbonyl (C=O) groups excluding carboxylic acids is 1. The number of halogens is 1.